The van der Waals surface area contributed by atoms with Crippen molar-refractivity contribution < 1.29 is 23.0 Å². The van der Waals surface area contributed by atoms with Gasteiger partial charge in [-0.3, -0.25) is 0 Å². The minimum absolute atomic E-state index is 0.292. The summed E-state index contributed by atoms with van der Waals surface area (Å²) in [4.78, 5) is 0. The number of nitrogens with zero attached hydrogens (tertiary/aromatic N) is 2. The van der Waals surface area contributed by atoms with Crippen LogP contribution in [-0.4, -0.2) is 36.8 Å². The number of aromatic nitrogens is 2. The van der Waals surface area contributed by atoms with E-state index in [0.717, 1.165) is 0 Å². The highest BCUT2D eigenvalue weighted by atomic mass is 32.2. The van der Waals surface area contributed by atoms with Crippen LogP contribution in [0.25, 0.3) is 11.5 Å². The predicted molar refractivity (Wildman–Crippen MR) is 95.5 cm³/mol. The Bertz CT molecular complexity index is 832. The molecule has 1 aromatic heterocycles. The van der Waals surface area contributed by atoms with Crippen LogP contribution in [0.2, 0.25) is 0 Å². The normalized spacial score (nSPS) is 10.6. The Kier molecular flexibility index (Phi) is 5.96. The summed E-state index contributed by atoms with van der Waals surface area (Å²) in [5.74, 6) is 2.59. The largest absolute Gasteiger partial charge is 0.497 e. The summed E-state index contributed by atoms with van der Waals surface area (Å²) in [6.45, 7) is 0.432. The monoisotopic (exact) mass is 376 g/mol. The zero-order chi connectivity index (χ0) is 18.4. The van der Waals surface area contributed by atoms with Gasteiger partial charge in [0.15, 0.2) is 0 Å². The van der Waals surface area contributed by atoms with E-state index in [-0.39, 0.29) is 5.82 Å². The van der Waals surface area contributed by atoms with Crippen LogP contribution >= 0.6 is 11.8 Å². The van der Waals surface area contributed by atoms with E-state index in [1.165, 1.54) is 23.9 Å². The molecule has 0 spiro atoms. The lowest BCUT2D eigenvalue weighted by Gasteiger charge is -2.05. The van der Waals surface area contributed by atoms with Gasteiger partial charge in [-0.1, -0.05) is 11.8 Å². The molecule has 1 heterocycles. The molecule has 0 unspecified atom stereocenters. The van der Waals surface area contributed by atoms with Gasteiger partial charge in [-0.15, -0.1) is 10.2 Å². The standard InChI is InChI=1S/C18H17FN2O4S/c1-22-15-9-12(10-16(11-15)23-2)17-20-21-18(25-17)26-8-7-24-14-5-3-13(19)4-6-14/h3-6,9-11H,7-8H2,1-2H3. The zero-order valence-electron chi connectivity index (χ0n) is 14.3. The molecule has 8 heteroatoms. The summed E-state index contributed by atoms with van der Waals surface area (Å²) in [6.07, 6.45) is 0. The molecular formula is C18H17FN2O4S. The Morgan fingerprint density at radius 3 is 2.31 bits per heavy atom. The van der Waals surface area contributed by atoms with E-state index in [0.29, 0.717) is 46.3 Å². The second-order valence-corrected chi connectivity index (χ2v) is 6.17. The van der Waals surface area contributed by atoms with Crippen LogP contribution in [0.1, 0.15) is 0 Å². The average Bonchev–Trinajstić information content (AvgIpc) is 3.15. The molecule has 136 valence electrons. The van der Waals surface area contributed by atoms with Crippen molar-refractivity contribution in [3.63, 3.8) is 0 Å². The molecule has 0 N–H and O–H groups in total. The first kappa shape index (κ1) is 18.1. The predicted octanol–water partition coefficient (Wildman–Crippen LogP) is 4.06. The maximum absolute atomic E-state index is 12.8. The second kappa shape index (κ2) is 8.57. The van der Waals surface area contributed by atoms with Gasteiger partial charge in [0.1, 0.15) is 23.1 Å². The van der Waals surface area contributed by atoms with Crippen LogP contribution in [0.4, 0.5) is 4.39 Å². The van der Waals surface area contributed by atoms with E-state index in [1.54, 1.807) is 44.6 Å². The number of halogens is 1. The fourth-order valence-corrected chi connectivity index (χ4v) is 2.71. The third kappa shape index (κ3) is 4.66. The first-order valence-electron chi connectivity index (χ1n) is 7.76. The fraction of sp³-hybridized carbons (Fsp3) is 0.222. The Balaban J connectivity index is 1.57. The lowest BCUT2D eigenvalue weighted by atomic mass is 10.2. The van der Waals surface area contributed by atoms with Gasteiger partial charge in [-0.2, -0.15) is 0 Å². The Morgan fingerprint density at radius 2 is 1.65 bits per heavy atom. The summed E-state index contributed by atoms with van der Waals surface area (Å²) in [7, 11) is 3.16. The Morgan fingerprint density at radius 1 is 0.962 bits per heavy atom. The summed E-state index contributed by atoms with van der Waals surface area (Å²) < 4.78 is 34.5. The molecule has 2 aromatic carbocycles. The zero-order valence-corrected chi connectivity index (χ0v) is 15.1. The van der Waals surface area contributed by atoms with Crippen molar-refractivity contribution in [2.24, 2.45) is 0 Å². The number of rotatable bonds is 8. The Hall–Kier alpha value is -2.74. The van der Waals surface area contributed by atoms with E-state index in [1.807, 2.05) is 0 Å². The van der Waals surface area contributed by atoms with Gasteiger partial charge in [-0.25, -0.2) is 4.39 Å². The first-order chi connectivity index (χ1) is 12.7. The third-order valence-corrected chi connectivity index (χ3v) is 4.18. The molecule has 0 bridgehead atoms. The molecule has 0 radical (unpaired) electrons. The number of benzene rings is 2. The van der Waals surface area contributed by atoms with Crippen LogP contribution < -0.4 is 14.2 Å². The van der Waals surface area contributed by atoms with Crippen molar-refractivity contribution in [3.8, 4) is 28.7 Å². The molecule has 0 saturated carbocycles. The summed E-state index contributed by atoms with van der Waals surface area (Å²) in [5, 5.41) is 8.51. The van der Waals surface area contributed by atoms with Crippen LogP contribution in [-0.2, 0) is 0 Å². The highest BCUT2D eigenvalue weighted by Crippen LogP contribution is 2.30. The molecule has 0 aliphatic rings. The minimum Gasteiger partial charge on any atom is -0.497 e. The van der Waals surface area contributed by atoms with E-state index in [4.69, 9.17) is 18.6 Å². The van der Waals surface area contributed by atoms with E-state index < -0.39 is 0 Å². The smallest absolute Gasteiger partial charge is 0.276 e. The van der Waals surface area contributed by atoms with E-state index >= 15 is 0 Å². The van der Waals surface area contributed by atoms with Gasteiger partial charge in [0.2, 0.25) is 5.89 Å². The van der Waals surface area contributed by atoms with Crippen molar-refractivity contribution in [1.29, 1.82) is 0 Å². The van der Waals surface area contributed by atoms with Gasteiger partial charge in [0, 0.05) is 17.4 Å². The molecule has 0 aliphatic carbocycles. The van der Waals surface area contributed by atoms with E-state index in [9.17, 15) is 4.39 Å². The number of hydrogen-bond donors (Lipinski definition) is 0. The molecule has 26 heavy (non-hydrogen) atoms. The number of ether oxygens (including phenoxy) is 3. The first-order valence-corrected chi connectivity index (χ1v) is 8.74. The van der Waals surface area contributed by atoms with Crippen LogP contribution in [0.3, 0.4) is 0 Å². The van der Waals surface area contributed by atoms with Gasteiger partial charge in [0.05, 0.1) is 20.8 Å². The highest BCUT2D eigenvalue weighted by molar-refractivity contribution is 7.99. The summed E-state index contributed by atoms with van der Waals surface area (Å²) >= 11 is 1.38. The van der Waals surface area contributed by atoms with Gasteiger partial charge in [-0.05, 0) is 36.4 Å². The average molecular weight is 376 g/mol. The molecule has 0 fully saturated rings. The minimum atomic E-state index is -0.292. The molecule has 3 rings (SSSR count). The number of methoxy groups -OCH3 is 2. The van der Waals surface area contributed by atoms with Crippen LogP contribution in [0.15, 0.2) is 52.1 Å². The maximum atomic E-state index is 12.8. The lowest BCUT2D eigenvalue weighted by molar-refractivity contribution is 0.342. The van der Waals surface area contributed by atoms with E-state index in [2.05, 4.69) is 10.2 Å². The lowest BCUT2D eigenvalue weighted by Crippen LogP contribution is -1.99. The maximum Gasteiger partial charge on any atom is 0.276 e. The molecule has 0 saturated heterocycles. The van der Waals surface area contributed by atoms with Crippen molar-refractivity contribution in [3.05, 3.63) is 48.3 Å². The van der Waals surface area contributed by atoms with Crippen molar-refractivity contribution >= 4 is 11.8 Å². The highest BCUT2D eigenvalue weighted by Gasteiger charge is 2.12. The van der Waals surface area contributed by atoms with Crippen molar-refractivity contribution in [2.75, 3.05) is 26.6 Å². The molecule has 3 aromatic rings. The molecule has 6 nitrogen and oxygen atoms in total. The Labute approximate surface area is 154 Å². The van der Waals surface area contributed by atoms with Crippen molar-refractivity contribution in [1.82, 2.24) is 10.2 Å². The molecule has 0 atom stereocenters. The quantitative estimate of drug-likeness (QED) is 0.434. The van der Waals surface area contributed by atoms with Gasteiger partial charge < -0.3 is 18.6 Å². The SMILES string of the molecule is COc1cc(OC)cc(-c2nnc(SCCOc3ccc(F)cc3)o2)c1. The number of thioether (sulfide) groups is 1. The summed E-state index contributed by atoms with van der Waals surface area (Å²) in [5.41, 5.74) is 0.711. The fourth-order valence-electron chi connectivity index (χ4n) is 2.13. The topological polar surface area (TPSA) is 66.6 Å². The van der Waals surface area contributed by atoms with Crippen LogP contribution in [0.5, 0.6) is 17.2 Å². The third-order valence-electron chi connectivity index (χ3n) is 3.40. The van der Waals surface area contributed by atoms with Gasteiger partial charge in [0.25, 0.3) is 5.22 Å². The van der Waals surface area contributed by atoms with Crippen molar-refractivity contribution in [2.45, 2.75) is 5.22 Å². The number of hydrogen-bond acceptors (Lipinski definition) is 7. The molecule has 0 aliphatic heterocycles. The molecule has 0 amide bonds. The summed E-state index contributed by atoms with van der Waals surface area (Å²) in [6, 6.07) is 11.2. The second-order valence-electron chi connectivity index (χ2n) is 5.13. The van der Waals surface area contributed by atoms with Gasteiger partial charge >= 0.3 is 0 Å². The van der Waals surface area contributed by atoms with Crippen LogP contribution in [0, 0.1) is 5.82 Å². The molecular weight excluding hydrogens is 359 g/mol.